The summed E-state index contributed by atoms with van der Waals surface area (Å²) in [6, 6.07) is 9.18. The van der Waals surface area contributed by atoms with Crippen molar-refractivity contribution in [2.45, 2.75) is 12.5 Å². The number of ether oxygens (including phenoxy) is 1. The van der Waals surface area contributed by atoms with Gasteiger partial charge >= 0.3 is 0 Å². The first kappa shape index (κ1) is 16.3. The van der Waals surface area contributed by atoms with Gasteiger partial charge in [0.25, 0.3) is 0 Å². The molecule has 0 radical (unpaired) electrons. The van der Waals surface area contributed by atoms with Gasteiger partial charge in [-0.3, -0.25) is 4.79 Å². The van der Waals surface area contributed by atoms with Crippen LogP contribution in [0.1, 0.15) is 18.1 Å². The molecule has 0 aliphatic heterocycles. The van der Waals surface area contributed by atoms with Crippen molar-refractivity contribution in [2.24, 2.45) is 0 Å². The van der Waals surface area contributed by atoms with Crippen molar-refractivity contribution in [1.82, 2.24) is 5.32 Å². The maximum atomic E-state index is 11.9. The summed E-state index contributed by atoms with van der Waals surface area (Å²) in [6.45, 7) is 2.23. The second-order valence-corrected chi connectivity index (χ2v) is 5.49. The molecule has 0 aliphatic carbocycles. The van der Waals surface area contributed by atoms with E-state index in [1.54, 1.807) is 37.8 Å². The second kappa shape index (κ2) is 7.29. The zero-order valence-corrected chi connectivity index (χ0v) is 13.3. The first-order chi connectivity index (χ1) is 10.5. The predicted octanol–water partition coefficient (Wildman–Crippen LogP) is 3.62. The van der Waals surface area contributed by atoms with Crippen LogP contribution in [0.2, 0.25) is 5.02 Å². The van der Waals surface area contributed by atoms with Crippen LogP contribution in [0.4, 0.5) is 0 Å². The summed E-state index contributed by atoms with van der Waals surface area (Å²) in [5.41, 5.74) is 1.09. The van der Waals surface area contributed by atoms with E-state index >= 15 is 0 Å². The molecule has 0 bridgehead atoms. The van der Waals surface area contributed by atoms with Crippen LogP contribution in [-0.4, -0.2) is 19.6 Å². The van der Waals surface area contributed by atoms with E-state index in [0.29, 0.717) is 11.6 Å². The maximum Gasteiger partial charge on any atom is 0.244 e. The van der Waals surface area contributed by atoms with E-state index in [4.69, 9.17) is 20.8 Å². The van der Waals surface area contributed by atoms with Crippen molar-refractivity contribution in [3.8, 4) is 0 Å². The molecular formula is C17H18ClNO3. The van der Waals surface area contributed by atoms with Gasteiger partial charge in [-0.15, -0.1) is 0 Å². The molecule has 116 valence electrons. The summed E-state index contributed by atoms with van der Waals surface area (Å²) >= 11 is 6.01. The average Bonchev–Trinajstić information content (AvgIpc) is 3.04. The van der Waals surface area contributed by atoms with E-state index in [1.165, 1.54) is 6.08 Å². The molecule has 0 fully saturated rings. The SMILES string of the molecule is CO[C@@](C)(CNC(=O)/C=C/c1ccoc1)c1cccc(Cl)c1. The Morgan fingerprint density at radius 1 is 1.45 bits per heavy atom. The summed E-state index contributed by atoms with van der Waals surface area (Å²) in [4.78, 5) is 11.9. The Morgan fingerprint density at radius 2 is 2.27 bits per heavy atom. The molecule has 0 aliphatic rings. The summed E-state index contributed by atoms with van der Waals surface area (Å²) in [6.07, 6.45) is 6.26. The van der Waals surface area contributed by atoms with E-state index in [-0.39, 0.29) is 5.91 Å². The first-order valence-electron chi connectivity index (χ1n) is 6.83. The number of rotatable bonds is 6. The van der Waals surface area contributed by atoms with E-state index in [2.05, 4.69) is 5.32 Å². The van der Waals surface area contributed by atoms with Crippen LogP contribution in [0.3, 0.4) is 0 Å². The Hall–Kier alpha value is -2.04. The van der Waals surface area contributed by atoms with Crippen LogP contribution >= 0.6 is 11.6 Å². The minimum Gasteiger partial charge on any atom is -0.472 e. The lowest BCUT2D eigenvalue weighted by molar-refractivity contribution is -0.118. The predicted molar refractivity (Wildman–Crippen MR) is 86.6 cm³/mol. The lowest BCUT2D eigenvalue weighted by Gasteiger charge is -2.29. The highest BCUT2D eigenvalue weighted by molar-refractivity contribution is 6.30. The molecule has 0 spiro atoms. The molecule has 4 nitrogen and oxygen atoms in total. The van der Waals surface area contributed by atoms with Gasteiger partial charge in [0.05, 0.1) is 19.1 Å². The van der Waals surface area contributed by atoms with Gasteiger partial charge in [0, 0.05) is 23.8 Å². The highest BCUT2D eigenvalue weighted by Crippen LogP contribution is 2.26. The summed E-state index contributed by atoms with van der Waals surface area (Å²) in [5.74, 6) is -0.202. The Morgan fingerprint density at radius 3 is 2.91 bits per heavy atom. The molecule has 1 heterocycles. The number of methoxy groups -OCH3 is 1. The molecule has 2 rings (SSSR count). The number of carbonyl (C=O) groups is 1. The fourth-order valence-electron chi connectivity index (χ4n) is 1.97. The number of amides is 1. The van der Waals surface area contributed by atoms with Crippen molar-refractivity contribution >= 4 is 23.6 Å². The molecule has 1 N–H and O–H groups in total. The van der Waals surface area contributed by atoms with Crippen molar-refractivity contribution in [2.75, 3.05) is 13.7 Å². The van der Waals surface area contributed by atoms with Crippen LogP contribution in [-0.2, 0) is 15.1 Å². The number of halogens is 1. The Labute approximate surface area is 134 Å². The first-order valence-corrected chi connectivity index (χ1v) is 7.20. The van der Waals surface area contributed by atoms with Gasteiger partial charge in [0.1, 0.15) is 5.60 Å². The van der Waals surface area contributed by atoms with Crippen LogP contribution in [0.15, 0.2) is 53.4 Å². The zero-order valence-electron chi connectivity index (χ0n) is 12.5. The van der Waals surface area contributed by atoms with Crippen molar-refractivity contribution in [3.63, 3.8) is 0 Å². The van der Waals surface area contributed by atoms with E-state index in [9.17, 15) is 4.79 Å². The normalized spacial score (nSPS) is 14.0. The monoisotopic (exact) mass is 319 g/mol. The number of benzene rings is 1. The molecule has 2 aromatic rings. The minimum atomic E-state index is -0.649. The third-order valence-electron chi connectivity index (χ3n) is 3.46. The molecular weight excluding hydrogens is 302 g/mol. The lowest BCUT2D eigenvalue weighted by Crippen LogP contribution is -2.39. The van der Waals surface area contributed by atoms with Gasteiger partial charge in [-0.25, -0.2) is 0 Å². The van der Waals surface area contributed by atoms with Crippen LogP contribution in [0.25, 0.3) is 6.08 Å². The van der Waals surface area contributed by atoms with Gasteiger partial charge in [0.2, 0.25) is 5.91 Å². The second-order valence-electron chi connectivity index (χ2n) is 5.05. The standard InChI is InChI=1S/C17H18ClNO3/c1-17(21-2,14-4-3-5-15(18)10-14)12-19-16(20)7-6-13-8-9-22-11-13/h3-11H,12H2,1-2H3,(H,19,20)/b7-6+/t17-/m0/s1. The molecule has 1 atom stereocenters. The molecule has 22 heavy (non-hydrogen) atoms. The van der Waals surface area contributed by atoms with Crippen LogP contribution in [0.5, 0.6) is 0 Å². The van der Waals surface area contributed by atoms with Crippen LogP contribution in [0, 0.1) is 0 Å². The molecule has 5 heteroatoms. The molecule has 1 aromatic heterocycles. The zero-order chi connectivity index (χ0) is 16.0. The number of furan rings is 1. The van der Waals surface area contributed by atoms with Crippen molar-refractivity contribution in [3.05, 3.63) is 65.1 Å². The summed E-state index contributed by atoms with van der Waals surface area (Å²) < 4.78 is 10.5. The van der Waals surface area contributed by atoms with Crippen LogP contribution < -0.4 is 5.32 Å². The van der Waals surface area contributed by atoms with E-state index in [1.807, 2.05) is 25.1 Å². The highest BCUT2D eigenvalue weighted by atomic mass is 35.5. The van der Waals surface area contributed by atoms with Gasteiger partial charge in [-0.05, 0) is 36.8 Å². The lowest BCUT2D eigenvalue weighted by atomic mass is 9.95. The largest absolute Gasteiger partial charge is 0.472 e. The molecule has 0 saturated carbocycles. The summed E-state index contributed by atoms with van der Waals surface area (Å²) in [5, 5.41) is 3.46. The topological polar surface area (TPSA) is 51.5 Å². The van der Waals surface area contributed by atoms with Crippen molar-refractivity contribution in [1.29, 1.82) is 0 Å². The number of hydrogen-bond donors (Lipinski definition) is 1. The Balaban J connectivity index is 1.99. The van der Waals surface area contributed by atoms with E-state index in [0.717, 1.165) is 11.1 Å². The number of hydrogen-bond acceptors (Lipinski definition) is 3. The maximum absolute atomic E-state index is 11.9. The molecule has 0 saturated heterocycles. The van der Waals surface area contributed by atoms with Gasteiger partial charge in [-0.1, -0.05) is 23.7 Å². The van der Waals surface area contributed by atoms with Gasteiger partial charge in [0.15, 0.2) is 0 Å². The molecule has 1 aromatic carbocycles. The summed E-state index contributed by atoms with van der Waals surface area (Å²) in [7, 11) is 1.61. The minimum absolute atomic E-state index is 0.202. The molecule has 1 amide bonds. The average molecular weight is 320 g/mol. The smallest absolute Gasteiger partial charge is 0.244 e. The van der Waals surface area contributed by atoms with Gasteiger partial charge < -0.3 is 14.5 Å². The number of nitrogens with one attached hydrogen (secondary N) is 1. The molecule has 0 unspecified atom stereocenters. The quantitative estimate of drug-likeness (QED) is 0.827. The third kappa shape index (κ3) is 4.23. The third-order valence-corrected chi connectivity index (χ3v) is 3.69. The fourth-order valence-corrected chi connectivity index (χ4v) is 2.16. The van der Waals surface area contributed by atoms with Crippen molar-refractivity contribution < 1.29 is 13.9 Å². The van der Waals surface area contributed by atoms with Gasteiger partial charge in [-0.2, -0.15) is 0 Å². The Bertz CT molecular complexity index is 652. The fraction of sp³-hybridized carbons (Fsp3) is 0.235. The van der Waals surface area contributed by atoms with E-state index < -0.39 is 5.60 Å². The number of carbonyl (C=O) groups excluding carboxylic acids is 1. The highest BCUT2D eigenvalue weighted by Gasteiger charge is 2.26. The Kier molecular flexibility index (Phi) is 5.41.